The summed E-state index contributed by atoms with van der Waals surface area (Å²) in [4.78, 5) is 34.8. The number of alkyl halides is 3. The lowest BCUT2D eigenvalue weighted by Crippen LogP contribution is -2.20. The monoisotopic (exact) mass is 500 g/mol. The Labute approximate surface area is 207 Å². The van der Waals surface area contributed by atoms with Gasteiger partial charge in [0.2, 0.25) is 0 Å². The Balaban J connectivity index is 1.77. The molecule has 0 bridgehead atoms. The zero-order chi connectivity index (χ0) is 26.6. The number of aliphatic carboxylic acids is 1. The van der Waals surface area contributed by atoms with E-state index in [-0.39, 0.29) is 17.9 Å². The van der Waals surface area contributed by atoms with E-state index in [0.717, 1.165) is 29.8 Å². The second-order valence-corrected chi connectivity index (χ2v) is 8.85. The summed E-state index contributed by atoms with van der Waals surface area (Å²) in [6, 6.07) is 11.0. The van der Waals surface area contributed by atoms with Gasteiger partial charge in [-0.1, -0.05) is 26.0 Å². The van der Waals surface area contributed by atoms with Gasteiger partial charge in [0.15, 0.2) is 0 Å². The van der Waals surface area contributed by atoms with E-state index in [1.807, 2.05) is 13.8 Å². The van der Waals surface area contributed by atoms with Crippen LogP contribution in [0.4, 0.5) is 24.7 Å². The Hall–Kier alpha value is -3.95. The quantitative estimate of drug-likeness (QED) is 0.444. The molecular formula is C26H27F3N4O3. The van der Waals surface area contributed by atoms with Crippen LogP contribution in [0.1, 0.15) is 58.3 Å². The molecule has 3 rings (SSSR count). The number of carbonyl (C=O) groups is 2. The number of rotatable bonds is 8. The molecule has 0 aliphatic rings. The van der Waals surface area contributed by atoms with Crippen LogP contribution < -0.4 is 10.2 Å². The Morgan fingerprint density at radius 2 is 1.61 bits per heavy atom. The second kappa shape index (κ2) is 10.8. The van der Waals surface area contributed by atoms with E-state index in [4.69, 9.17) is 0 Å². The lowest BCUT2D eigenvalue weighted by molar-refractivity contribution is -0.138. The Kier molecular flexibility index (Phi) is 7.96. The number of carbonyl (C=O) groups excluding carboxylic acids is 1. The fourth-order valence-corrected chi connectivity index (χ4v) is 3.69. The summed E-state index contributed by atoms with van der Waals surface area (Å²) in [5.41, 5.74) is 1.92. The van der Waals surface area contributed by atoms with Gasteiger partial charge in [-0.15, -0.1) is 0 Å². The van der Waals surface area contributed by atoms with Crippen LogP contribution in [0.3, 0.4) is 0 Å². The highest BCUT2D eigenvalue weighted by molar-refractivity contribution is 6.04. The smallest absolute Gasteiger partial charge is 0.416 e. The van der Waals surface area contributed by atoms with E-state index in [2.05, 4.69) is 15.3 Å². The standard InChI is InChI=1S/C26H27F3N4O3/c1-15(2)23-20(14-22(34)35)24(33(3)4)32-21(31-23)13-16-5-11-19(12-6-16)30-25(36)17-7-9-18(10-8-17)26(27,28)29/h5-12,15H,13-14H2,1-4H3,(H,30,36)(H,34,35). The van der Waals surface area contributed by atoms with Crippen LogP contribution in [0.2, 0.25) is 0 Å². The fourth-order valence-electron chi connectivity index (χ4n) is 3.69. The first-order chi connectivity index (χ1) is 16.8. The van der Waals surface area contributed by atoms with Crippen molar-refractivity contribution in [3.05, 3.63) is 82.3 Å². The number of hydrogen-bond acceptors (Lipinski definition) is 5. The van der Waals surface area contributed by atoms with Gasteiger partial charge in [0, 0.05) is 37.3 Å². The largest absolute Gasteiger partial charge is 0.481 e. The summed E-state index contributed by atoms with van der Waals surface area (Å²) < 4.78 is 38.2. The third kappa shape index (κ3) is 6.59. The van der Waals surface area contributed by atoms with Crippen molar-refractivity contribution in [3.63, 3.8) is 0 Å². The molecule has 0 aliphatic heterocycles. The average Bonchev–Trinajstić information content (AvgIpc) is 2.80. The van der Waals surface area contributed by atoms with Crippen LogP contribution in [0.5, 0.6) is 0 Å². The third-order valence-corrected chi connectivity index (χ3v) is 5.41. The minimum Gasteiger partial charge on any atom is -0.481 e. The van der Waals surface area contributed by atoms with Gasteiger partial charge < -0.3 is 15.3 Å². The zero-order valence-corrected chi connectivity index (χ0v) is 20.3. The predicted molar refractivity (Wildman–Crippen MR) is 130 cm³/mol. The van der Waals surface area contributed by atoms with E-state index >= 15 is 0 Å². The van der Waals surface area contributed by atoms with Crippen LogP contribution >= 0.6 is 0 Å². The van der Waals surface area contributed by atoms with Crippen LogP contribution in [-0.4, -0.2) is 41.0 Å². The van der Waals surface area contributed by atoms with E-state index in [0.29, 0.717) is 35.0 Å². The number of hydrogen-bond donors (Lipinski definition) is 2. The molecule has 0 saturated heterocycles. The SMILES string of the molecule is CC(C)c1nc(Cc2ccc(NC(=O)c3ccc(C(F)(F)F)cc3)cc2)nc(N(C)C)c1CC(=O)O. The number of anilines is 2. The van der Waals surface area contributed by atoms with Gasteiger partial charge in [0.05, 0.1) is 17.7 Å². The van der Waals surface area contributed by atoms with E-state index in [9.17, 15) is 27.9 Å². The molecule has 2 N–H and O–H groups in total. The van der Waals surface area contributed by atoms with Crippen LogP contribution in [0.15, 0.2) is 48.5 Å². The second-order valence-electron chi connectivity index (χ2n) is 8.85. The molecule has 1 heterocycles. The first-order valence-corrected chi connectivity index (χ1v) is 11.2. The first kappa shape index (κ1) is 26.7. The van der Waals surface area contributed by atoms with E-state index < -0.39 is 23.6 Å². The predicted octanol–water partition coefficient (Wildman–Crippen LogP) is 5.16. The summed E-state index contributed by atoms with van der Waals surface area (Å²) in [5.74, 6) is -0.372. The number of nitrogens with zero attached hydrogens (tertiary/aromatic N) is 3. The number of carboxylic acids is 1. The van der Waals surface area contributed by atoms with Crippen molar-refractivity contribution in [1.29, 1.82) is 0 Å². The first-order valence-electron chi connectivity index (χ1n) is 11.2. The summed E-state index contributed by atoms with van der Waals surface area (Å²) in [7, 11) is 3.60. The number of carboxylic acid groups (broad SMARTS) is 1. The van der Waals surface area contributed by atoms with Crippen molar-refractivity contribution >= 4 is 23.4 Å². The minimum absolute atomic E-state index is 0.00239. The fraction of sp³-hybridized carbons (Fsp3) is 0.308. The Morgan fingerprint density at radius 3 is 2.11 bits per heavy atom. The van der Waals surface area contributed by atoms with Gasteiger partial charge in [-0.3, -0.25) is 9.59 Å². The van der Waals surface area contributed by atoms with E-state index in [1.165, 1.54) is 0 Å². The molecule has 36 heavy (non-hydrogen) atoms. The molecule has 0 unspecified atom stereocenters. The molecule has 0 fully saturated rings. The molecular weight excluding hydrogens is 473 g/mol. The van der Waals surface area contributed by atoms with Crippen molar-refractivity contribution in [3.8, 4) is 0 Å². The van der Waals surface area contributed by atoms with Crippen molar-refractivity contribution in [1.82, 2.24) is 9.97 Å². The van der Waals surface area contributed by atoms with Gasteiger partial charge in [-0.05, 0) is 47.9 Å². The molecule has 2 aromatic carbocycles. The number of halogens is 3. The zero-order valence-electron chi connectivity index (χ0n) is 20.3. The lowest BCUT2D eigenvalue weighted by atomic mass is 10.0. The van der Waals surface area contributed by atoms with Crippen molar-refractivity contribution in [2.75, 3.05) is 24.3 Å². The van der Waals surface area contributed by atoms with Crippen LogP contribution in [-0.2, 0) is 23.8 Å². The molecule has 1 aromatic heterocycles. The molecule has 0 aliphatic carbocycles. The average molecular weight is 501 g/mol. The summed E-state index contributed by atoms with van der Waals surface area (Å²) in [6.07, 6.45) is -4.25. The lowest BCUT2D eigenvalue weighted by Gasteiger charge is -2.21. The number of nitrogens with one attached hydrogen (secondary N) is 1. The van der Waals surface area contributed by atoms with Gasteiger partial charge in [0.1, 0.15) is 11.6 Å². The maximum absolute atomic E-state index is 12.7. The van der Waals surface area contributed by atoms with E-state index in [1.54, 1.807) is 43.3 Å². The summed E-state index contributed by atoms with van der Waals surface area (Å²) in [6.45, 7) is 3.90. The van der Waals surface area contributed by atoms with Gasteiger partial charge in [0.25, 0.3) is 5.91 Å². The molecule has 0 spiro atoms. The number of aromatic nitrogens is 2. The molecule has 1 amide bonds. The normalized spacial score (nSPS) is 11.4. The number of benzene rings is 2. The Morgan fingerprint density at radius 1 is 1.00 bits per heavy atom. The molecule has 7 nitrogen and oxygen atoms in total. The van der Waals surface area contributed by atoms with Crippen LogP contribution in [0, 0.1) is 0 Å². The summed E-state index contributed by atoms with van der Waals surface area (Å²) >= 11 is 0. The molecule has 0 saturated carbocycles. The molecule has 0 radical (unpaired) electrons. The van der Waals surface area contributed by atoms with Crippen molar-refractivity contribution in [2.45, 2.75) is 38.8 Å². The summed E-state index contributed by atoms with van der Waals surface area (Å²) in [5, 5.41) is 12.0. The third-order valence-electron chi connectivity index (χ3n) is 5.41. The number of amides is 1. The molecule has 10 heteroatoms. The minimum atomic E-state index is -4.46. The van der Waals surface area contributed by atoms with Gasteiger partial charge in [-0.2, -0.15) is 13.2 Å². The van der Waals surface area contributed by atoms with Crippen LogP contribution in [0.25, 0.3) is 0 Å². The molecule has 190 valence electrons. The highest BCUT2D eigenvalue weighted by Gasteiger charge is 2.30. The van der Waals surface area contributed by atoms with Crippen molar-refractivity contribution < 1.29 is 27.9 Å². The van der Waals surface area contributed by atoms with Crippen molar-refractivity contribution in [2.24, 2.45) is 0 Å². The highest BCUT2D eigenvalue weighted by Crippen LogP contribution is 2.29. The molecule has 3 aromatic rings. The van der Waals surface area contributed by atoms with Gasteiger partial charge >= 0.3 is 12.1 Å². The topological polar surface area (TPSA) is 95.4 Å². The maximum Gasteiger partial charge on any atom is 0.416 e. The molecule has 0 atom stereocenters. The van der Waals surface area contributed by atoms with Gasteiger partial charge in [-0.25, -0.2) is 9.97 Å². The highest BCUT2D eigenvalue weighted by atomic mass is 19.4. The Bertz CT molecular complexity index is 1210. The maximum atomic E-state index is 12.7.